The van der Waals surface area contributed by atoms with Crippen LogP contribution in [0.3, 0.4) is 0 Å². The van der Waals surface area contributed by atoms with E-state index in [1.807, 2.05) is 0 Å². The minimum Gasteiger partial charge on any atom is -0.455 e. The number of nitro benzene ring substituents is 1. The van der Waals surface area contributed by atoms with Gasteiger partial charge in [-0.2, -0.15) is 0 Å². The molecule has 2 rings (SSSR count). The molecule has 0 bridgehead atoms. The highest BCUT2D eigenvalue weighted by Crippen LogP contribution is 2.21. The maximum absolute atomic E-state index is 13.7. The van der Waals surface area contributed by atoms with Crippen molar-refractivity contribution >= 4 is 29.2 Å². The Kier molecular flexibility index (Phi) is 7.35. The van der Waals surface area contributed by atoms with Gasteiger partial charge in [0.25, 0.3) is 11.6 Å². The first-order chi connectivity index (χ1) is 13.8. The molecule has 0 aliphatic rings. The van der Waals surface area contributed by atoms with E-state index in [9.17, 15) is 28.9 Å². The average molecular weight is 403 g/mol. The summed E-state index contributed by atoms with van der Waals surface area (Å²) < 4.78 is 18.6. The van der Waals surface area contributed by atoms with Crippen molar-refractivity contribution in [3.63, 3.8) is 0 Å². The van der Waals surface area contributed by atoms with E-state index < -0.39 is 46.6 Å². The quantitative estimate of drug-likeness (QED) is 0.396. The molecule has 0 spiro atoms. The number of nitrogens with zero attached hydrogens (tertiary/aromatic N) is 1. The molecule has 0 saturated carbocycles. The molecule has 0 aromatic heterocycles. The van der Waals surface area contributed by atoms with Crippen molar-refractivity contribution in [1.29, 1.82) is 0 Å². The van der Waals surface area contributed by atoms with Crippen molar-refractivity contribution in [2.24, 2.45) is 0 Å². The molecule has 10 heteroatoms. The van der Waals surface area contributed by atoms with Crippen LogP contribution in [0, 0.1) is 15.9 Å². The summed E-state index contributed by atoms with van der Waals surface area (Å²) >= 11 is 0. The smallest absolute Gasteiger partial charge is 0.308 e. The first-order valence-electron chi connectivity index (χ1n) is 8.47. The van der Waals surface area contributed by atoms with Crippen LogP contribution in [0.2, 0.25) is 0 Å². The number of hydrogen-bond acceptors (Lipinski definition) is 6. The molecule has 2 aromatic rings. The molecule has 0 heterocycles. The summed E-state index contributed by atoms with van der Waals surface area (Å²) in [5.41, 5.74) is -0.122. The standard InChI is InChI=1S/C19H18FN3O6/c1-12(24)21-16(13-5-3-2-4-6-13)10-19(26)29-11-18(25)22-17-9-14(23(27)28)7-8-15(17)20/h2-9,16H,10-11H2,1H3,(H,21,24)(H,22,25)/t16-/m1/s1. The summed E-state index contributed by atoms with van der Waals surface area (Å²) in [6.07, 6.45) is -0.220. The second-order valence-electron chi connectivity index (χ2n) is 6.00. The number of esters is 1. The molecule has 0 radical (unpaired) electrons. The molecule has 1 atom stereocenters. The number of rotatable bonds is 8. The molecule has 0 saturated heterocycles. The summed E-state index contributed by atoms with van der Waals surface area (Å²) in [5.74, 6) is -2.84. The number of benzene rings is 2. The third-order valence-electron chi connectivity index (χ3n) is 3.75. The third kappa shape index (κ3) is 6.69. The number of anilines is 1. The third-order valence-corrected chi connectivity index (χ3v) is 3.75. The minimum atomic E-state index is -0.870. The molecule has 2 N–H and O–H groups in total. The number of nitro groups is 1. The number of amides is 2. The van der Waals surface area contributed by atoms with Crippen molar-refractivity contribution in [3.8, 4) is 0 Å². The second kappa shape index (κ2) is 9.93. The van der Waals surface area contributed by atoms with Crippen LogP contribution in [0.25, 0.3) is 0 Å². The molecule has 29 heavy (non-hydrogen) atoms. The highest BCUT2D eigenvalue weighted by molar-refractivity contribution is 5.93. The lowest BCUT2D eigenvalue weighted by atomic mass is 10.0. The van der Waals surface area contributed by atoms with Gasteiger partial charge >= 0.3 is 5.97 Å². The lowest BCUT2D eigenvalue weighted by molar-refractivity contribution is -0.384. The van der Waals surface area contributed by atoms with Gasteiger partial charge in [-0.05, 0) is 11.6 Å². The fourth-order valence-corrected chi connectivity index (χ4v) is 2.46. The van der Waals surface area contributed by atoms with Crippen LogP contribution in [-0.2, 0) is 19.1 Å². The number of non-ortho nitro benzene ring substituents is 1. The zero-order valence-corrected chi connectivity index (χ0v) is 15.4. The van der Waals surface area contributed by atoms with Crippen molar-refractivity contribution in [2.75, 3.05) is 11.9 Å². The average Bonchev–Trinajstić information content (AvgIpc) is 2.67. The number of carbonyl (C=O) groups excluding carboxylic acids is 3. The summed E-state index contributed by atoms with van der Waals surface area (Å²) in [5, 5.41) is 15.5. The molecule has 152 valence electrons. The summed E-state index contributed by atoms with van der Waals surface area (Å²) in [6, 6.07) is 10.7. The lowest BCUT2D eigenvalue weighted by Gasteiger charge is -2.17. The van der Waals surface area contributed by atoms with E-state index in [2.05, 4.69) is 10.6 Å². The number of hydrogen-bond donors (Lipinski definition) is 2. The lowest BCUT2D eigenvalue weighted by Crippen LogP contribution is -2.29. The van der Waals surface area contributed by atoms with E-state index in [1.165, 1.54) is 6.92 Å². The van der Waals surface area contributed by atoms with E-state index in [0.717, 1.165) is 18.2 Å². The second-order valence-corrected chi connectivity index (χ2v) is 6.00. The Labute approximate surface area is 165 Å². The van der Waals surface area contributed by atoms with Crippen LogP contribution in [-0.4, -0.2) is 29.3 Å². The van der Waals surface area contributed by atoms with Gasteiger partial charge in [-0.3, -0.25) is 24.5 Å². The molecule has 2 aromatic carbocycles. The van der Waals surface area contributed by atoms with Gasteiger partial charge in [0, 0.05) is 19.1 Å². The van der Waals surface area contributed by atoms with Crippen molar-refractivity contribution in [3.05, 3.63) is 70.0 Å². The number of nitrogens with one attached hydrogen (secondary N) is 2. The molecular weight excluding hydrogens is 385 g/mol. The van der Waals surface area contributed by atoms with Gasteiger partial charge in [0.05, 0.1) is 23.1 Å². The van der Waals surface area contributed by atoms with E-state index >= 15 is 0 Å². The first kappa shape index (κ1) is 21.5. The van der Waals surface area contributed by atoms with Gasteiger partial charge in [0.2, 0.25) is 5.91 Å². The molecule has 9 nitrogen and oxygen atoms in total. The summed E-state index contributed by atoms with van der Waals surface area (Å²) in [4.78, 5) is 45.3. The largest absolute Gasteiger partial charge is 0.455 e. The Morgan fingerprint density at radius 2 is 1.86 bits per heavy atom. The Balaban J connectivity index is 1.94. The Bertz CT molecular complexity index is 919. The van der Waals surface area contributed by atoms with Crippen LogP contribution in [0.5, 0.6) is 0 Å². The van der Waals surface area contributed by atoms with E-state index in [1.54, 1.807) is 30.3 Å². The van der Waals surface area contributed by atoms with Crippen LogP contribution >= 0.6 is 0 Å². The van der Waals surface area contributed by atoms with Crippen molar-refractivity contribution < 1.29 is 28.4 Å². The monoisotopic (exact) mass is 403 g/mol. The summed E-state index contributed by atoms with van der Waals surface area (Å²) in [7, 11) is 0. The maximum atomic E-state index is 13.7. The Morgan fingerprint density at radius 1 is 1.17 bits per heavy atom. The van der Waals surface area contributed by atoms with Gasteiger partial charge in [0.1, 0.15) is 5.82 Å². The van der Waals surface area contributed by atoms with Crippen LogP contribution in [0.15, 0.2) is 48.5 Å². The molecular formula is C19H18FN3O6. The van der Waals surface area contributed by atoms with Gasteiger partial charge < -0.3 is 15.4 Å². The van der Waals surface area contributed by atoms with E-state index in [4.69, 9.17) is 4.74 Å². The van der Waals surface area contributed by atoms with Crippen LogP contribution < -0.4 is 10.6 Å². The maximum Gasteiger partial charge on any atom is 0.308 e. The van der Waals surface area contributed by atoms with Gasteiger partial charge in [-0.1, -0.05) is 30.3 Å². The van der Waals surface area contributed by atoms with Crippen molar-refractivity contribution in [2.45, 2.75) is 19.4 Å². The molecule has 0 unspecified atom stereocenters. The van der Waals surface area contributed by atoms with Crippen molar-refractivity contribution in [1.82, 2.24) is 5.32 Å². The number of halogens is 1. The van der Waals surface area contributed by atoms with Crippen LogP contribution in [0.4, 0.5) is 15.8 Å². The minimum absolute atomic E-state index is 0.220. The summed E-state index contributed by atoms with van der Waals surface area (Å²) in [6.45, 7) is 0.588. The molecule has 0 fully saturated rings. The van der Waals surface area contributed by atoms with E-state index in [0.29, 0.717) is 5.56 Å². The molecule has 0 aliphatic heterocycles. The highest BCUT2D eigenvalue weighted by Gasteiger charge is 2.19. The van der Waals surface area contributed by atoms with E-state index in [-0.39, 0.29) is 12.3 Å². The zero-order valence-electron chi connectivity index (χ0n) is 15.4. The predicted octanol–water partition coefficient (Wildman–Crippen LogP) is 2.48. The number of ether oxygens (including phenoxy) is 1. The topological polar surface area (TPSA) is 128 Å². The molecule has 2 amide bonds. The number of carbonyl (C=O) groups is 3. The fourth-order valence-electron chi connectivity index (χ4n) is 2.46. The predicted molar refractivity (Wildman–Crippen MR) is 100 cm³/mol. The fraction of sp³-hybridized carbons (Fsp3) is 0.211. The first-order valence-corrected chi connectivity index (χ1v) is 8.47. The van der Waals surface area contributed by atoms with Gasteiger partial charge in [-0.25, -0.2) is 4.39 Å². The van der Waals surface area contributed by atoms with Gasteiger partial charge in [-0.15, -0.1) is 0 Å². The molecule has 0 aliphatic carbocycles. The van der Waals surface area contributed by atoms with Crippen LogP contribution in [0.1, 0.15) is 24.9 Å². The van der Waals surface area contributed by atoms with Gasteiger partial charge in [0.15, 0.2) is 6.61 Å². The highest BCUT2D eigenvalue weighted by atomic mass is 19.1. The normalized spacial score (nSPS) is 11.2. The Hall–Kier alpha value is -3.82. The Morgan fingerprint density at radius 3 is 2.48 bits per heavy atom. The zero-order chi connectivity index (χ0) is 21.4. The SMILES string of the molecule is CC(=O)N[C@H](CC(=O)OCC(=O)Nc1cc([N+](=O)[O-])ccc1F)c1ccccc1.